The predicted molar refractivity (Wildman–Crippen MR) is 73.2 cm³/mol. The molecule has 1 aliphatic heterocycles. The summed E-state index contributed by atoms with van der Waals surface area (Å²) in [7, 11) is 1.74. The molecule has 0 saturated carbocycles. The number of anilines is 1. The third kappa shape index (κ3) is 3.08. The van der Waals surface area contributed by atoms with Crippen molar-refractivity contribution in [2.45, 2.75) is 26.1 Å². The van der Waals surface area contributed by atoms with E-state index in [-0.39, 0.29) is 13.2 Å². The van der Waals surface area contributed by atoms with Crippen molar-refractivity contribution in [3.63, 3.8) is 0 Å². The summed E-state index contributed by atoms with van der Waals surface area (Å²) in [6.07, 6.45) is -3.07. The van der Waals surface area contributed by atoms with Gasteiger partial charge in [-0.1, -0.05) is 0 Å². The van der Waals surface area contributed by atoms with Crippen molar-refractivity contribution in [2.75, 3.05) is 18.1 Å². The van der Waals surface area contributed by atoms with Crippen LogP contribution in [0.25, 0.3) is 0 Å². The van der Waals surface area contributed by atoms with Crippen LogP contribution in [0.3, 0.4) is 0 Å². The number of hydrogen-bond donors (Lipinski definition) is 1. The minimum absolute atomic E-state index is 0.122. The highest BCUT2D eigenvalue weighted by Crippen LogP contribution is 2.21. The molecule has 0 aliphatic carbocycles. The third-order valence-electron chi connectivity index (χ3n) is 3.31. The number of carboxylic acid groups (broad SMARTS) is 1. The van der Waals surface area contributed by atoms with E-state index in [1.54, 1.807) is 17.8 Å². The number of morpholine rings is 1. The van der Waals surface area contributed by atoms with Crippen LogP contribution in [-0.2, 0) is 30.9 Å². The summed E-state index contributed by atoms with van der Waals surface area (Å²) in [6.45, 7) is 3.27. The largest absolute Gasteiger partial charge is 0.478 e. The van der Waals surface area contributed by atoms with Crippen molar-refractivity contribution in [3.8, 4) is 0 Å². The van der Waals surface area contributed by atoms with Gasteiger partial charge in [0, 0.05) is 25.7 Å². The number of aromatic nitrogens is 2. The molecule has 9 nitrogen and oxygen atoms in total. The number of ether oxygens (including phenoxy) is 2. The van der Waals surface area contributed by atoms with Gasteiger partial charge in [-0.15, -0.1) is 0 Å². The molecular formula is C13H17N3O6. The van der Waals surface area contributed by atoms with Crippen LogP contribution < -0.4 is 4.90 Å². The second kappa shape index (κ2) is 6.14. The maximum absolute atomic E-state index is 12.5. The predicted octanol–water partition coefficient (Wildman–Crippen LogP) is -0.523. The molecule has 1 aromatic rings. The van der Waals surface area contributed by atoms with E-state index in [4.69, 9.17) is 14.6 Å². The number of rotatable bonds is 4. The molecule has 1 unspecified atom stereocenters. The van der Waals surface area contributed by atoms with Crippen LogP contribution in [0.2, 0.25) is 0 Å². The first-order valence-electron chi connectivity index (χ1n) is 6.65. The lowest BCUT2D eigenvalue weighted by molar-refractivity contribution is -0.177. The number of amides is 1. The van der Waals surface area contributed by atoms with Crippen LogP contribution in [0, 0.1) is 6.92 Å². The van der Waals surface area contributed by atoms with E-state index in [0.29, 0.717) is 5.82 Å². The Bertz CT molecular complexity index is 591. The molecule has 1 aliphatic rings. The van der Waals surface area contributed by atoms with Gasteiger partial charge in [-0.05, 0) is 6.92 Å². The van der Waals surface area contributed by atoms with Gasteiger partial charge in [0.05, 0.1) is 13.2 Å². The molecule has 2 heterocycles. The van der Waals surface area contributed by atoms with Crippen LogP contribution in [0.1, 0.15) is 12.6 Å². The quantitative estimate of drug-likeness (QED) is 0.744. The monoisotopic (exact) mass is 311 g/mol. The van der Waals surface area contributed by atoms with E-state index in [1.807, 2.05) is 6.92 Å². The summed E-state index contributed by atoms with van der Waals surface area (Å²) < 4.78 is 11.5. The molecule has 1 fully saturated rings. The molecule has 0 bridgehead atoms. The number of carbonyl (C=O) groups excluding carboxylic acids is 2. The molecule has 22 heavy (non-hydrogen) atoms. The number of aryl methyl sites for hydroxylation is 2. The fourth-order valence-electron chi connectivity index (χ4n) is 2.14. The maximum Gasteiger partial charge on any atom is 0.348 e. The van der Waals surface area contributed by atoms with Crippen molar-refractivity contribution < 1.29 is 29.0 Å². The summed E-state index contributed by atoms with van der Waals surface area (Å²) in [6, 6.07) is 1.71. The van der Waals surface area contributed by atoms with E-state index in [0.717, 1.165) is 12.6 Å². The zero-order valence-corrected chi connectivity index (χ0v) is 12.5. The first-order chi connectivity index (χ1) is 10.3. The lowest BCUT2D eigenvalue weighted by Gasteiger charge is -2.33. The van der Waals surface area contributed by atoms with E-state index in [9.17, 15) is 14.4 Å². The first-order valence-corrected chi connectivity index (χ1v) is 6.65. The van der Waals surface area contributed by atoms with Gasteiger partial charge in [-0.3, -0.25) is 19.2 Å². The van der Waals surface area contributed by atoms with E-state index in [2.05, 4.69) is 5.10 Å². The Hall–Kier alpha value is -2.42. The first kappa shape index (κ1) is 16.0. The van der Waals surface area contributed by atoms with Gasteiger partial charge in [0.2, 0.25) is 6.10 Å². The molecule has 0 spiro atoms. The Morgan fingerprint density at radius 2 is 2.23 bits per heavy atom. The normalized spacial score (nSPS) is 19.9. The smallest absolute Gasteiger partial charge is 0.348 e. The molecule has 0 radical (unpaired) electrons. The Kier molecular flexibility index (Phi) is 4.45. The van der Waals surface area contributed by atoms with Gasteiger partial charge >= 0.3 is 11.9 Å². The zero-order valence-electron chi connectivity index (χ0n) is 12.5. The van der Waals surface area contributed by atoms with Gasteiger partial charge in [0.25, 0.3) is 5.91 Å². The van der Waals surface area contributed by atoms with Crippen LogP contribution in [0.5, 0.6) is 0 Å². The van der Waals surface area contributed by atoms with E-state index in [1.165, 1.54) is 4.90 Å². The van der Waals surface area contributed by atoms with Gasteiger partial charge < -0.3 is 14.6 Å². The van der Waals surface area contributed by atoms with Crippen LogP contribution in [0.4, 0.5) is 5.82 Å². The highest BCUT2D eigenvalue weighted by Gasteiger charge is 2.43. The number of carboxylic acids is 1. The lowest BCUT2D eigenvalue weighted by atomic mass is 10.1. The Morgan fingerprint density at radius 1 is 1.55 bits per heavy atom. The lowest BCUT2D eigenvalue weighted by Crippen LogP contribution is -2.55. The Balaban J connectivity index is 2.25. The fraction of sp³-hybridized carbons (Fsp3) is 0.538. The van der Waals surface area contributed by atoms with Gasteiger partial charge in [0.1, 0.15) is 0 Å². The highest BCUT2D eigenvalue weighted by molar-refractivity contribution is 5.99. The highest BCUT2D eigenvalue weighted by atomic mass is 16.6. The summed E-state index contributed by atoms with van der Waals surface area (Å²) >= 11 is 0. The minimum atomic E-state index is -1.68. The van der Waals surface area contributed by atoms with Crippen molar-refractivity contribution in [1.29, 1.82) is 0 Å². The Labute approximate surface area is 126 Å². The average molecular weight is 311 g/mol. The average Bonchev–Trinajstić information content (AvgIpc) is 2.76. The summed E-state index contributed by atoms with van der Waals surface area (Å²) in [5, 5.41) is 13.3. The van der Waals surface area contributed by atoms with Crippen molar-refractivity contribution in [2.24, 2.45) is 7.05 Å². The van der Waals surface area contributed by atoms with Crippen molar-refractivity contribution in [3.05, 3.63) is 11.8 Å². The second-order valence-corrected chi connectivity index (χ2v) is 4.92. The zero-order chi connectivity index (χ0) is 16.4. The second-order valence-electron chi connectivity index (χ2n) is 4.92. The molecule has 1 N–H and O–H groups in total. The molecule has 1 saturated heterocycles. The van der Waals surface area contributed by atoms with Crippen molar-refractivity contribution >= 4 is 23.7 Å². The third-order valence-corrected chi connectivity index (χ3v) is 3.31. The number of esters is 1. The Morgan fingerprint density at radius 3 is 2.73 bits per heavy atom. The van der Waals surface area contributed by atoms with E-state index < -0.39 is 30.1 Å². The topological polar surface area (TPSA) is 111 Å². The summed E-state index contributed by atoms with van der Waals surface area (Å²) in [5.41, 5.74) is 0.848. The molecule has 2 rings (SSSR count). The summed E-state index contributed by atoms with van der Waals surface area (Å²) in [4.78, 5) is 36.1. The van der Waals surface area contributed by atoms with Crippen LogP contribution in [0.15, 0.2) is 6.07 Å². The summed E-state index contributed by atoms with van der Waals surface area (Å²) in [5.74, 6) is -2.43. The van der Waals surface area contributed by atoms with Crippen molar-refractivity contribution in [1.82, 2.24) is 9.78 Å². The minimum Gasteiger partial charge on any atom is -0.478 e. The molecular weight excluding hydrogens is 294 g/mol. The standard InChI is InChI=1S/C13H17N3O6/c1-7-6-9(14-15(7)3)16-4-5-21-10(12(16)18)11(13(19)20)22-8(2)17/h6,10-11H,4-5H2,1-3H3,(H,19,20)/t10-,11?/m1/s1. The SMILES string of the molecule is CC(=O)OC(C(=O)O)[C@H]1OCCN(c2cc(C)n(C)n2)C1=O. The molecule has 9 heteroatoms. The van der Waals surface area contributed by atoms with Gasteiger partial charge in [-0.25, -0.2) is 4.79 Å². The number of aliphatic carboxylic acids is 1. The van der Waals surface area contributed by atoms with Crippen LogP contribution in [-0.4, -0.2) is 58.1 Å². The molecule has 1 amide bonds. The molecule has 1 aromatic heterocycles. The molecule has 120 valence electrons. The fourth-order valence-corrected chi connectivity index (χ4v) is 2.14. The molecule has 0 aromatic carbocycles. The van der Waals surface area contributed by atoms with Crippen LogP contribution >= 0.6 is 0 Å². The van der Waals surface area contributed by atoms with Gasteiger partial charge in [-0.2, -0.15) is 5.10 Å². The number of carbonyl (C=O) groups is 3. The maximum atomic E-state index is 12.5. The molecule has 2 atom stereocenters. The number of hydrogen-bond acceptors (Lipinski definition) is 6. The van der Waals surface area contributed by atoms with Gasteiger partial charge in [0.15, 0.2) is 11.9 Å². The number of nitrogens with zero attached hydrogens (tertiary/aromatic N) is 3. The van der Waals surface area contributed by atoms with E-state index >= 15 is 0 Å².